The summed E-state index contributed by atoms with van der Waals surface area (Å²) in [4.78, 5) is 32.2. The zero-order valence-electron chi connectivity index (χ0n) is 16.7. The number of nitrogens with zero attached hydrogens (tertiary/aromatic N) is 4. The Bertz CT molecular complexity index is 1130. The number of piperidine rings is 1. The molecule has 154 valence electrons. The molecule has 0 aliphatic carbocycles. The Kier molecular flexibility index (Phi) is 4.61. The second-order valence-corrected chi connectivity index (χ2v) is 7.64. The summed E-state index contributed by atoms with van der Waals surface area (Å²) in [5, 5.41) is 4.38. The maximum atomic E-state index is 13.1. The molecule has 30 heavy (non-hydrogen) atoms. The van der Waals surface area contributed by atoms with Crippen molar-refractivity contribution in [2.75, 3.05) is 26.3 Å². The van der Waals surface area contributed by atoms with Crippen LogP contribution in [0.4, 0.5) is 0 Å². The second kappa shape index (κ2) is 7.44. The average Bonchev–Trinajstić information content (AvgIpc) is 3.13. The van der Waals surface area contributed by atoms with E-state index in [4.69, 9.17) is 9.47 Å². The lowest BCUT2D eigenvalue weighted by molar-refractivity contribution is 0.0651. The number of ketones is 1. The molecular weight excluding hydrogens is 384 g/mol. The number of Topliss-reactive ketones (excluding diaryl/α,β-unsaturated/α-hetero) is 1. The van der Waals surface area contributed by atoms with Gasteiger partial charge in [0.15, 0.2) is 22.9 Å². The van der Waals surface area contributed by atoms with Gasteiger partial charge in [-0.3, -0.25) is 9.59 Å². The van der Waals surface area contributed by atoms with Crippen LogP contribution in [-0.4, -0.2) is 57.5 Å². The highest BCUT2D eigenvalue weighted by molar-refractivity contribution is 6.01. The van der Waals surface area contributed by atoms with Crippen LogP contribution in [0.2, 0.25) is 0 Å². The zero-order chi connectivity index (χ0) is 20.7. The Morgan fingerprint density at radius 3 is 2.67 bits per heavy atom. The molecule has 8 heteroatoms. The first kappa shape index (κ1) is 18.6. The molecule has 0 unspecified atom stereocenters. The van der Waals surface area contributed by atoms with Crippen molar-refractivity contribution in [1.29, 1.82) is 0 Å². The second-order valence-electron chi connectivity index (χ2n) is 7.64. The fourth-order valence-corrected chi connectivity index (χ4v) is 4.18. The monoisotopic (exact) mass is 406 g/mol. The minimum absolute atomic E-state index is 0.0774. The van der Waals surface area contributed by atoms with Crippen LogP contribution in [0.25, 0.3) is 5.65 Å². The van der Waals surface area contributed by atoms with Gasteiger partial charge in [-0.2, -0.15) is 5.10 Å². The largest absolute Gasteiger partial charge is 0.486 e. The molecule has 1 aromatic carbocycles. The van der Waals surface area contributed by atoms with Crippen molar-refractivity contribution in [3.8, 4) is 11.5 Å². The van der Waals surface area contributed by atoms with Gasteiger partial charge >= 0.3 is 0 Å². The number of amides is 1. The Morgan fingerprint density at radius 2 is 1.87 bits per heavy atom. The van der Waals surface area contributed by atoms with E-state index >= 15 is 0 Å². The first-order valence-corrected chi connectivity index (χ1v) is 10.1. The molecule has 8 nitrogen and oxygen atoms in total. The van der Waals surface area contributed by atoms with Crippen molar-refractivity contribution in [2.24, 2.45) is 5.92 Å². The summed E-state index contributed by atoms with van der Waals surface area (Å²) >= 11 is 0. The van der Waals surface area contributed by atoms with Crippen molar-refractivity contribution < 1.29 is 19.1 Å². The molecular formula is C22H22N4O4. The quantitative estimate of drug-likeness (QED) is 0.622. The summed E-state index contributed by atoms with van der Waals surface area (Å²) < 4.78 is 12.7. The van der Waals surface area contributed by atoms with Gasteiger partial charge in [0.05, 0.1) is 5.69 Å². The number of aryl methyl sites for hydroxylation is 1. The van der Waals surface area contributed by atoms with Gasteiger partial charge in [0, 0.05) is 37.0 Å². The van der Waals surface area contributed by atoms with E-state index in [-0.39, 0.29) is 17.6 Å². The van der Waals surface area contributed by atoms with Gasteiger partial charge < -0.3 is 14.4 Å². The molecule has 0 saturated carbocycles. The maximum Gasteiger partial charge on any atom is 0.259 e. The Balaban J connectivity index is 1.28. The SMILES string of the molecule is Cc1nn2cccnc2c1C(=O)N1CCC(C(=O)c2ccc3c(c2)OCCO3)CC1. The number of fused-ring (bicyclic) bond motifs is 2. The Labute approximate surface area is 173 Å². The van der Waals surface area contributed by atoms with E-state index in [0.29, 0.717) is 73.1 Å². The van der Waals surface area contributed by atoms with Crippen molar-refractivity contribution in [3.05, 3.63) is 53.5 Å². The molecule has 2 aliphatic heterocycles. The van der Waals surface area contributed by atoms with Crippen molar-refractivity contribution in [3.63, 3.8) is 0 Å². The molecule has 0 radical (unpaired) electrons. The third-order valence-corrected chi connectivity index (χ3v) is 5.76. The zero-order valence-corrected chi connectivity index (χ0v) is 16.7. The lowest BCUT2D eigenvalue weighted by atomic mass is 9.88. The molecule has 5 rings (SSSR count). The predicted octanol–water partition coefficient (Wildman–Crippen LogP) is 2.54. The van der Waals surface area contributed by atoms with Crippen LogP contribution in [0.5, 0.6) is 11.5 Å². The predicted molar refractivity (Wildman–Crippen MR) is 108 cm³/mol. The Hall–Kier alpha value is -3.42. The van der Waals surface area contributed by atoms with Crippen molar-refractivity contribution in [1.82, 2.24) is 19.5 Å². The van der Waals surface area contributed by atoms with Gasteiger partial charge in [-0.25, -0.2) is 9.50 Å². The highest BCUT2D eigenvalue weighted by atomic mass is 16.6. The van der Waals surface area contributed by atoms with Gasteiger partial charge in [0.25, 0.3) is 5.91 Å². The lowest BCUT2D eigenvalue weighted by Gasteiger charge is -2.31. The number of likely N-dealkylation sites (tertiary alicyclic amines) is 1. The summed E-state index contributed by atoms with van der Waals surface area (Å²) in [6.45, 7) is 3.89. The van der Waals surface area contributed by atoms with Crippen LogP contribution < -0.4 is 9.47 Å². The smallest absolute Gasteiger partial charge is 0.259 e. The fourth-order valence-electron chi connectivity index (χ4n) is 4.18. The van der Waals surface area contributed by atoms with E-state index in [9.17, 15) is 9.59 Å². The highest BCUT2D eigenvalue weighted by Gasteiger charge is 2.31. The minimum atomic E-state index is -0.111. The fraction of sp³-hybridized carbons (Fsp3) is 0.364. The summed E-state index contributed by atoms with van der Waals surface area (Å²) in [5.41, 5.74) is 2.39. The van der Waals surface area contributed by atoms with Gasteiger partial charge in [-0.1, -0.05) is 0 Å². The van der Waals surface area contributed by atoms with E-state index in [2.05, 4.69) is 10.1 Å². The molecule has 1 amide bonds. The molecule has 2 aliphatic rings. The molecule has 1 fully saturated rings. The van der Waals surface area contributed by atoms with Crippen LogP contribution in [0.1, 0.15) is 39.3 Å². The summed E-state index contributed by atoms with van der Waals surface area (Å²) in [5.74, 6) is 1.20. The molecule has 0 atom stereocenters. The van der Waals surface area contributed by atoms with E-state index < -0.39 is 0 Å². The number of benzene rings is 1. The Morgan fingerprint density at radius 1 is 1.10 bits per heavy atom. The molecule has 0 N–H and O–H groups in total. The summed E-state index contributed by atoms with van der Waals surface area (Å²) in [6.07, 6.45) is 4.70. The van der Waals surface area contributed by atoms with E-state index in [1.807, 2.05) is 6.92 Å². The van der Waals surface area contributed by atoms with Crippen LogP contribution in [0.15, 0.2) is 36.7 Å². The molecule has 3 aromatic rings. The lowest BCUT2D eigenvalue weighted by Crippen LogP contribution is -2.40. The molecule has 1 saturated heterocycles. The first-order chi connectivity index (χ1) is 14.6. The normalized spacial score (nSPS) is 16.6. The standard InChI is InChI=1S/C22H22N4O4/c1-14-19(21-23-7-2-8-26(21)24-14)22(28)25-9-5-15(6-10-25)20(27)16-3-4-17-18(13-16)30-12-11-29-17/h2-4,7-8,13,15H,5-6,9-12H2,1H3. The number of hydrogen-bond donors (Lipinski definition) is 0. The molecule has 0 spiro atoms. The van der Waals surface area contributed by atoms with Crippen LogP contribution >= 0.6 is 0 Å². The van der Waals surface area contributed by atoms with Gasteiger partial charge in [0.2, 0.25) is 0 Å². The minimum Gasteiger partial charge on any atom is -0.486 e. The topological polar surface area (TPSA) is 86.0 Å². The first-order valence-electron chi connectivity index (χ1n) is 10.1. The van der Waals surface area contributed by atoms with Gasteiger partial charge in [-0.15, -0.1) is 0 Å². The third kappa shape index (κ3) is 3.18. The maximum absolute atomic E-state index is 13.1. The summed E-state index contributed by atoms with van der Waals surface area (Å²) in [7, 11) is 0. The van der Waals surface area contributed by atoms with Gasteiger partial charge in [0.1, 0.15) is 18.8 Å². The van der Waals surface area contributed by atoms with Crippen LogP contribution in [0.3, 0.4) is 0 Å². The van der Waals surface area contributed by atoms with Crippen molar-refractivity contribution >= 4 is 17.3 Å². The van der Waals surface area contributed by atoms with Crippen molar-refractivity contribution in [2.45, 2.75) is 19.8 Å². The van der Waals surface area contributed by atoms with E-state index in [0.717, 1.165) is 0 Å². The van der Waals surface area contributed by atoms with E-state index in [1.165, 1.54) is 0 Å². The number of ether oxygens (including phenoxy) is 2. The van der Waals surface area contributed by atoms with Crippen LogP contribution in [0, 0.1) is 12.8 Å². The van der Waals surface area contributed by atoms with E-state index in [1.54, 1.807) is 46.1 Å². The summed E-state index contributed by atoms with van der Waals surface area (Å²) in [6, 6.07) is 7.13. The molecule has 4 heterocycles. The number of rotatable bonds is 3. The third-order valence-electron chi connectivity index (χ3n) is 5.76. The van der Waals surface area contributed by atoms with Gasteiger partial charge in [-0.05, 0) is 44.0 Å². The molecule has 0 bridgehead atoms. The number of carbonyl (C=O) groups excluding carboxylic acids is 2. The highest BCUT2D eigenvalue weighted by Crippen LogP contribution is 2.33. The number of hydrogen-bond acceptors (Lipinski definition) is 6. The number of aromatic nitrogens is 3. The molecule has 2 aromatic heterocycles. The average molecular weight is 406 g/mol. The van der Waals surface area contributed by atoms with Crippen LogP contribution in [-0.2, 0) is 0 Å². The number of carbonyl (C=O) groups is 2.